The Morgan fingerprint density at radius 2 is 1.68 bits per heavy atom. The maximum atomic E-state index is 12.3. The molecule has 0 bridgehead atoms. The minimum atomic E-state index is -0.479. The quantitative estimate of drug-likeness (QED) is 0.794. The van der Waals surface area contributed by atoms with Crippen LogP contribution in [0.25, 0.3) is 0 Å². The minimum absolute atomic E-state index is 0.280. The molecule has 0 saturated heterocycles. The Morgan fingerprint density at radius 1 is 1.05 bits per heavy atom. The van der Waals surface area contributed by atoms with E-state index >= 15 is 0 Å². The van der Waals surface area contributed by atoms with E-state index in [0.29, 0.717) is 11.6 Å². The smallest absolute Gasteiger partial charge is 0.303 e. The number of amides is 1. The molecule has 0 saturated carbocycles. The molecular formula is C17H16ClNO3. The number of para-hydroxylation sites is 1. The van der Waals surface area contributed by atoms with Gasteiger partial charge in [0.25, 0.3) is 5.91 Å². The second-order valence-electron chi connectivity index (χ2n) is 4.72. The number of nitrogens with zero attached hydrogens (tertiary/aromatic N) is 1. The second-order valence-corrected chi connectivity index (χ2v) is 5.16. The largest absolute Gasteiger partial charge is 0.456 e. The summed E-state index contributed by atoms with van der Waals surface area (Å²) in [6, 6.07) is 16.5. The monoisotopic (exact) mass is 317 g/mol. The summed E-state index contributed by atoms with van der Waals surface area (Å²) in [6.07, 6.45) is 0. The van der Waals surface area contributed by atoms with E-state index in [9.17, 15) is 9.59 Å². The highest BCUT2D eigenvalue weighted by Gasteiger charge is 2.17. The number of benzene rings is 2. The van der Waals surface area contributed by atoms with Crippen molar-refractivity contribution in [3.63, 3.8) is 0 Å². The fourth-order valence-corrected chi connectivity index (χ4v) is 2.07. The van der Waals surface area contributed by atoms with Gasteiger partial charge in [0.2, 0.25) is 0 Å². The highest BCUT2D eigenvalue weighted by Crippen LogP contribution is 2.18. The predicted octanol–water partition coefficient (Wildman–Crippen LogP) is 3.44. The molecule has 2 aromatic rings. The topological polar surface area (TPSA) is 46.6 Å². The van der Waals surface area contributed by atoms with Crippen LogP contribution in [0, 0.1) is 0 Å². The van der Waals surface area contributed by atoms with Gasteiger partial charge in [-0.3, -0.25) is 9.59 Å². The first-order chi connectivity index (χ1) is 10.6. The Balaban J connectivity index is 2.19. The highest BCUT2D eigenvalue weighted by atomic mass is 35.5. The van der Waals surface area contributed by atoms with Gasteiger partial charge in [-0.25, -0.2) is 0 Å². The summed E-state index contributed by atoms with van der Waals surface area (Å²) in [6.45, 7) is 1.37. The van der Waals surface area contributed by atoms with Crippen LogP contribution >= 0.6 is 11.6 Å². The van der Waals surface area contributed by atoms with Crippen molar-refractivity contribution in [1.82, 2.24) is 0 Å². The van der Waals surface area contributed by atoms with Gasteiger partial charge in [-0.05, 0) is 29.8 Å². The Morgan fingerprint density at radius 3 is 2.27 bits per heavy atom. The van der Waals surface area contributed by atoms with E-state index < -0.39 is 5.97 Å². The highest BCUT2D eigenvalue weighted by molar-refractivity contribution is 6.30. The molecule has 0 fully saturated rings. The Kier molecular flexibility index (Phi) is 5.55. The SMILES string of the molecule is CC(=O)OCC(=O)N(Cc1ccc(Cl)cc1)c1ccccc1. The molecule has 0 N–H and O–H groups in total. The molecule has 0 unspecified atom stereocenters. The third kappa shape index (κ3) is 4.60. The lowest BCUT2D eigenvalue weighted by Gasteiger charge is -2.23. The number of carbonyl (C=O) groups is 2. The van der Waals surface area contributed by atoms with Crippen molar-refractivity contribution in [2.45, 2.75) is 13.5 Å². The number of carbonyl (C=O) groups excluding carboxylic acids is 2. The minimum Gasteiger partial charge on any atom is -0.456 e. The van der Waals surface area contributed by atoms with Crippen molar-refractivity contribution in [3.05, 3.63) is 65.2 Å². The Bertz CT molecular complexity index is 641. The van der Waals surface area contributed by atoms with Gasteiger partial charge in [-0.1, -0.05) is 41.9 Å². The van der Waals surface area contributed by atoms with Crippen molar-refractivity contribution >= 4 is 29.2 Å². The van der Waals surface area contributed by atoms with Crippen molar-refractivity contribution in [2.75, 3.05) is 11.5 Å². The van der Waals surface area contributed by atoms with Gasteiger partial charge in [0.1, 0.15) is 0 Å². The zero-order valence-corrected chi connectivity index (χ0v) is 12.9. The summed E-state index contributed by atoms with van der Waals surface area (Å²) in [4.78, 5) is 24.8. The molecular weight excluding hydrogens is 302 g/mol. The van der Waals surface area contributed by atoms with Crippen LogP contribution < -0.4 is 4.90 Å². The van der Waals surface area contributed by atoms with Crippen molar-refractivity contribution in [1.29, 1.82) is 0 Å². The fraction of sp³-hybridized carbons (Fsp3) is 0.176. The molecule has 0 aliphatic heterocycles. The van der Waals surface area contributed by atoms with Gasteiger partial charge < -0.3 is 9.64 Å². The van der Waals surface area contributed by atoms with Gasteiger partial charge in [0.15, 0.2) is 6.61 Å². The van der Waals surface area contributed by atoms with Crippen LogP contribution in [0.1, 0.15) is 12.5 Å². The molecule has 22 heavy (non-hydrogen) atoms. The fourth-order valence-electron chi connectivity index (χ4n) is 1.95. The molecule has 0 aliphatic carbocycles. The predicted molar refractivity (Wildman–Crippen MR) is 85.7 cm³/mol. The maximum Gasteiger partial charge on any atom is 0.303 e. The lowest BCUT2D eigenvalue weighted by atomic mass is 10.2. The lowest BCUT2D eigenvalue weighted by molar-refractivity contribution is -0.145. The number of ether oxygens (including phenoxy) is 1. The van der Waals surface area contributed by atoms with Crippen LogP contribution in [0.4, 0.5) is 5.69 Å². The maximum absolute atomic E-state index is 12.3. The van der Waals surface area contributed by atoms with E-state index in [0.717, 1.165) is 11.3 Å². The van der Waals surface area contributed by atoms with Crippen LogP contribution in [0.3, 0.4) is 0 Å². The number of esters is 1. The van der Waals surface area contributed by atoms with E-state index in [2.05, 4.69) is 0 Å². The number of rotatable bonds is 5. The van der Waals surface area contributed by atoms with Crippen LogP contribution in [0.15, 0.2) is 54.6 Å². The Hall–Kier alpha value is -2.33. The number of hydrogen-bond acceptors (Lipinski definition) is 3. The third-order valence-corrected chi connectivity index (χ3v) is 3.27. The average molecular weight is 318 g/mol. The summed E-state index contributed by atoms with van der Waals surface area (Å²) in [5.41, 5.74) is 1.68. The van der Waals surface area contributed by atoms with Crippen molar-refractivity contribution < 1.29 is 14.3 Å². The van der Waals surface area contributed by atoms with Gasteiger partial charge in [0, 0.05) is 17.6 Å². The third-order valence-electron chi connectivity index (χ3n) is 3.02. The van der Waals surface area contributed by atoms with E-state index in [1.807, 2.05) is 42.5 Å². The number of anilines is 1. The van der Waals surface area contributed by atoms with Crippen LogP contribution in [0.5, 0.6) is 0 Å². The first kappa shape index (κ1) is 16.0. The molecule has 2 aromatic carbocycles. The molecule has 1 amide bonds. The first-order valence-corrected chi connectivity index (χ1v) is 7.17. The van der Waals surface area contributed by atoms with Crippen molar-refractivity contribution in [3.8, 4) is 0 Å². The number of hydrogen-bond donors (Lipinski definition) is 0. The molecule has 0 aromatic heterocycles. The standard InChI is InChI=1S/C17H16ClNO3/c1-13(20)22-12-17(21)19(16-5-3-2-4-6-16)11-14-7-9-15(18)10-8-14/h2-10H,11-12H2,1H3. The van der Waals surface area contributed by atoms with Crippen LogP contribution in [-0.2, 0) is 20.9 Å². The second kappa shape index (κ2) is 7.61. The summed E-state index contributed by atoms with van der Waals surface area (Å²) >= 11 is 5.87. The molecule has 0 radical (unpaired) electrons. The molecule has 4 nitrogen and oxygen atoms in total. The zero-order valence-electron chi connectivity index (χ0n) is 12.2. The van der Waals surface area contributed by atoms with E-state index in [4.69, 9.17) is 16.3 Å². The van der Waals surface area contributed by atoms with Crippen molar-refractivity contribution in [2.24, 2.45) is 0 Å². The van der Waals surface area contributed by atoms with Gasteiger partial charge in [-0.15, -0.1) is 0 Å². The van der Waals surface area contributed by atoms with Crippen LogP contribution in [0.2, 0.25) is 5.02 Å². The normalized spacial score (nSPS) is 10.1. The summed E-state index contributed by atoms with van der Waals surface area (Å²) in [5.74, 6) is -0.760. The Labute approximate surface area is 134 Å². The van der Waals surface area contributed by atoms with E-state index in [1.54, 1.807) is 17.0 Å². The van der Waals surface area contributed by atoms with Crippen LogP contribution in [-0.4, -0.2) is 18.5 Å². The van der Waals surface area contributed by atoms with E-state index in [1.165, 1.54) is 6.92 Å². The lowest BCUT2D eigenvalue weighted by Crippen LogP contribution is -2.34. The summed E-state index contributed by atoms with van der Waals surface area (Å²) < 4.78 is 4.81. The van der Waals surface area contributed by atoms with Gasteiger partial charge in [0.05, 0.1) is 6.54 Å². The molecule has 0 aliphatic rings. The average Bonchev–Trinajstić information content (AvgIpc) is 2.53. The molecule has 0 heterocycles. The number of halogens is 1. The van der Waals surface area contributed by atoms with Gasteiger partial charge >= 0.3 is 5.97 Å². The van der Waals surface area contributed by atoms with Gasteiger partial charge in [-0.2, -0.15) is 0 Å². The zero-order chi connectivity index (χ0) is 15.9. The molecule has 2 rings (SSSR count). The first-order valence-electron chi connectivity index (χ1n) is 6.79. The summed E-state index contributed by atoms with van der Waals surface area (Å²) in [5, 5.41) is 0.640. The molecule has 0 spiro atoms. The molecule has 5 heteroatoms. The summed E-state index contributed by atoms with van der Waals surface area (Å²) in [7, 11) is 0. The molecule has 114 valence electrons. The van der Waals surface area contributed by atoms with E-state index in [-0.39, 0.29) is 12.5 Å². The molecule has 0 atom stereocenters.